The quantitative estimate of drug-likeness (QED) is 0.270. The second-order valence-electron chi connectivity index (χ2n) is 12.2. The number of hydrogen-bond acceptors (Lipinski definition) is 8. The molecule has 1 aliphatic rings. The van der Waals surface area contributed by atoms with Crippen molar-refractivity contribution in [2.75, 3.05) is 12.9 Å². The van der Waals surface area contributed by atoms with Crippen LogP contribution in [0.15, 0.2) is 35.2 Å². The number of ether oxygens (including phenoxy) is 2. The average molecular weight is 657 g/mol. The molecule has 0 unspecified atom stereocenters. The molecule has 11 nitrogen and oxygen atoms in total. The van der Waals surface area contributed by atoms with Gasteiger partial charge in [-0.15, -0.1) is 0 Å². The van der Waals surface area contributed by atoms with Gasteiger partial charge in [-0.2, -0.15) is 5.10 Å². The highest BCUT2D eigenvalue weighted by atomic mass is 32.2. The molecule has 0 bridgehead atoms. The van der Waals surface area contributed by atoms with Crippen LogP contribution in [0.2, 0.25) is 0 Å². The Hall–Kier alpha value is -4.43. The number of nitrogens with one attached hydrogen (secondary N) is 1. The Morgan fingerprint density at radius 2 is 1.89 bits per heavy atom. The molecule has 1 aliphatic heterocycles. The number of aliphatic carboxylic acids is 1. The molecular weight excluding hydrogens is 622 g/mol. The zero-order chi connectivity index (χ0) is 33.7. The first-order valence-corrected chi connectivity index (χ1v) is 16.4. The van der Waals surface area contributed by atoms with Gasteiger partial charge in [-0.05, 0) is 76.8 Å². The zero-order valence-electron chi connectivity index (χ0n) is 26.2. The summed E-state index contributed by atoms with van der Waals surface area (Å²) >= 11 is 0. The summed E-state index contributed by atoms with van der Waals surface area (Å²) < 4.78 is 66.7. The number of carbonyl (C=O) groups is 2. The summed E-state index contributed by atoms with van der Waals surface area (Å²) in [7, 11) is -3.80. The molecule has 1 amide bonds. The summed E-state index contributed by atoms with van der Waals surface area (Å²) in [6, 6.07) is 5.88. The third-order valence-corrected chi connectivity index (χ3v) is 8.76. The van der Waals surface area contributed by atoms with Gasteiger partial charge in [0.15, 0.2) is 38.8 Å². The van der Waals surface area contributed by atoms with Crippen molar-refractivity contribution in [1.29, 1.82) is 0 Å². The molecule has 3 heterocycles. The lowest BCUT2D eigenvalue weighted by Crippen LogP contribution is -2.29. The van der Waals surface area contributed by atoms with E-state index in [1.807, 2.05) is 0 Å². The molecule has 0 saturated carbocycles. The van der Waals surface area contributed by atoms with Crippen LogP contribution in [0, 0.1) is 25.5 Å². The van der Waals surface area contributed by atoms with E-state index in [9.17, 15) is 27.5 Å². The van der Waals surface area contributed by atoms with Crippen molar-refractivity contribution in [3.8, 4) is 17.0 Å². The number of aryl methyl sites for hydroxylation is 1. The summed E-state index contributed by atoms with van der Waals surface area (Å²) in [4.78, 5) is 30.3. The Morgan fingerprint density at radius 3 is 2.54 bits per heavy atom. The summed E-state index contributed by atoms with van der Waals surface area (Å²) in [5.74, 6) is -3.23. The molecule has 0 radical (unpaired) electrons. The third-order valence-electron chi connectivity index (χ3n) is 7.58. The molecule has 0 saturated heterocycles. The molecule has 14 heteroatoms. The largest absolute Gasteiger partial charge is 0.490 e. The molecule has 2 aromatic carbocycles. The molecule has 0 aliphatic carbocycles. The normalized spacial score (nSPS) is 14.1. The van der Waals surface area contributed by atoms with Crippen molar-refractivity contribution < 1.29 is 41.4 Å². The number of carbonyl (C=O) groups excluding carboxylic acids is 1. The minimum Gasteiger partial charge on any atom is -0.490 e. The van der Waals surface area contributed by atoms with Crippen LogP contribution in [-0.2, 0) is 32.3 Å². The van der Waals surface area contributed by atoms with Crippen molar-refractivity contribution in [2.24, 2.45) is 0 Å². The summed E-state index contributed by atoms with van der Waals surface area (Å²) in [6.45, 7) is 8.62. The molecule has 4 aromatic rings. The fourth-order valence-corrected chi connectivity index (χ4v) is 6.54. The van der Waals surface area contributed by atoms with E-state index < -0.39 is 45.1 Å². The Balaban J connectivity index is 1.68. The van der Waals surface area contributed by atoms with Gasteiger partial charge in [0.25, 0.3) is 5.91 Å². The number of fused-ring (bicyclic) bond motifs is 2. The number of sulfone groups is 1. The standard InChI is InChI=1S/C32H34F2N4O7S/c1-16-20-8-7-11-44-28(20)22(34)13-21(16)27-26(29(31(40)41)45-32(3,4)5)17(2)36-25-14-23(37-38(25)27)30(39)35-15-18-9-10-19(33)12-24(18)46(6,42)43/h9-10,12-14,29H,7-8,11,15H2,1-6H3,(H,35,39)(H,40,41)/t29-/m0/s1. The van der Waals surface area contributed by atoms with Crippen LogP contribution < -0.4 is 10.1 Å². The number of benzene rings is 2. The summed E-state index contributed by atoms with van der Waals surface area (Å²) in [6.07, 6.45) is 0.616. The molecule has 1 atom stereocenters. The van der Waals surface area contributed by atoms with Gasteiger partial charge >= 0.3 is 5.97 Å². The Labute approximate surface area is 264 Å². The van der Waals surface area contributed by atoms with Gasteiger partial charge in [0, 0.05) is 41.3 Å². The number of rotatable bonds is 8. The minimum atomic E-state index is -3.80. The SMILES string of the molecule is Cc1nc2cc(C(=O)NCc3ccc(F)cc3S(C)(=O)=O)nn2c(-c2cc(F)c3c(c2C)CCCO3)c1[C@H](OC(C)(C)C)C(=O)O. The zero-order valence-corrected chi connectivity index (χ0v) is 27.0. The number of carboxylic acid groups (broad SMARTS) is 1. The van der Waals surface area contributed by atoms with E-state index in [1.54, 1.807) is 34.6 Å². The minimum absolute atomic E-state index is 0.128. The lowest BCUT2D eigenvalue weighted by atomic mass is 9.91. The Morgan fingerprint density at radius 1 is 1.17 bits per heavy atom. The number of halogens is 2. The first kappa shape index (κ1) is 32.9. The molecule has 46 heavy (non-hydrogen) atoms. The maximum atomic E-state index is 15.5. The fourth-order valence-electron chi connectivity index (χ4n) is 5.59. The van der Waals surface area contributed by atoms with Crippen molar-refractivity contribution in [3.63, 3.8) is 0 Å². The lowest BCUT2D eigenvalue weighted by Gasteiger charge is -2.28. The Bertz CT molecular complexity index is 2000. The van der Waals surface area contributed by atoms with E-state index in [0.717, 1.165) is 18.4 Å². The highest BCUT2D eigenvalue weighted by Crippen LogP contribution is 2.41. The Kier molecular flexibility index (Phi) is 8.64. The van der Waals surface area contributed by atoms with Crippen LogP contribution >= 0.6 is 0 Å². The summed E-state index contributed by atoms with van der Waals surface area (Å²) in [5, 5.41) is 17.4. The van der Waals surface area contributed by atoms with Crippen molar-refractivity contribution in [3.05, 3.63) is 75.6 Å². The number of amides is 1. The van der Waals surface area contributed by atoms with Crippen LogP contribution in [0.4, 0.5) is 8.78 Å². The highest BCUT2D eigenvalue weighted by molar-refractivity contribution is 7.90. The van der Waals surface area contributed by atoms with E-state index in [-0.39, 0.29) is 51.0 Å². The van der Waals surface area contributed by atoms with Crippen molar-refractivity contribution in [2.45, 2.75) is 70.6 Å². The number of nitrogens with zero attached hydrogens (tertiary/aromatic N) is 3. The molecule has 0 fully saturated rings. The molecule has 2 aromatic heterocycles. The monoisotopic (exact) mass is 656 g/mol. The molecule has 5 rings (SSSR count). The number of carboxylic acids is 1. The second-order valence-corrected chi connectivity index (χ2v) is 14.2. The fraction of sp³-hybridized carbons (Fsp3) is 0.375. The van der Waals surface area contributed by atoms with Gasteiger partial charge in [0.2, 0.25) is 0 Å². The van der Waals surface area contributed by atoms with Crippen LogP contribution in [0.25, 0.3) is 16.9 Å². The van der Waals surface area contributed by atoms with E-state index in [1.165, 1.54) is 22.7 Å². The van der Waals surface area contributed by atoms with Gasteiger partial charge in [0.05, 0.1) is 22.8 Å². The van der Waals surface area contributed by atoms with Gasteiger partial charge in [-0.1, -0.05) is 6.07 Å². The van der Waals surface area contributed by atoms with Gasteiger partial charge in [0.1, 0.15) is 5.82 Å². The topological polar surface area (TPSA) is 149 Å². The smallest absolute Gasteiger partial charge is 0.337 e. The van der Waals surface area contributed by atoms with Crippen LogP contribution in [0.3, 0.4) is 0 Å². The molecular formula is C32H34F2N4O7S. The maximum Gasteiger partial charge on any atom is 0.337 e. The summed E-state index contributed by atoms with van der Waals surface area (Å²) in [5.41, 5.74) is 1.52. The van der Waals surface area contributed by atoms with Gasteiger partial charge in [-0.3, -0.25) is 4.79 Å². The first-order valence-electron chi connectivity index (χ1n) is 14.5. The van der Waals surface area contributed by atoms with Crippen LogP contribution in [0.5, 0.6) is 5.75 Å². The molecule has 244 valence electrons. The van der Waals surface area contributed by atoms with Crippen LogP contribution in [0.1, 0.15) is 71.7 Å². The second kappa shape index (κ2) is 12.1. The van der Waals surface area contributed by atoms with E-state index in [4.69, 9.17) is 9.47 Å². The first-order chi connectivity index (χ1) is 21.5. The van der Waals surface area contributed by atoms with Crippen molar-refractivity contribution in [1.82, 2.24) is 19.9 Å². The van der Waals surface area contributed by atoms with Crippen LogP contribution in [-0.4, -0.2) is 58.5 Å². The third kappa shape index (κ3) is 6.44. The predicted molar refractivity (Wildman–Crippen MR) is 164 cm³/mol. The van der Waals surface area contributed by atoms with Gasteiger partial charge in [-0.25, -0.2) is 31.5 Å². The van der Waals surface area contributed by atoms with Gasteiger partial charge < -0.3 is 19.9 Å². The molecule has 0 spiro atoms. The number of hydrogen-bond donors (Lipinski definition) is 2. The molecule has 2 N–H and O–H groups in total. The maximum absolute atomic E-state index is 15.5. The lowest BCUT2D eigenvalue weighted by molar-refractivity contribution is -0.160. The van der Waals surface area contributed by atoms with Crippen molar-refractivity contribution >= 4 is 27.4 Å². The highest BCUT2D eigenvalue weighted by Gasteiger charge is 2.35. The number of aromatic nitrogens is 3. The predicted octanol–water partition coefficient (Wildman–Crippen LogP) is 4.89. The van der Waals surface area contributed by atoms with E-state index >= 15 is 4.39 Å². The average Bonchev–Trinajstić information content (AvgIpc) is 3.39. The van der Waals surface area contributed by atoms with E-state index in [2.05, 4.69) is 15.4 Å². The van der Waals surface area contributed by atoms with E-state index in [0.29, 0.717) is 36.1 Å².